The number of aromatic nitrogens is 5. The molecule has 11 aromatic carbocycles. The zero-order valence-corrected chi connectivity index (χ0v) is 72.4. The van der Waals surface area contributed by atoms with Crippen LogP contribution in [0.5, 0.6) is 5.75 Å². The highest BCUT2D eigenvalue weighted by Gasteiger charge is 2.38. The van der Waals surface area contributed by atoms with E-state index in [1.807, 2.05) is 361 Å². The van der Waals surface area contributed by atoms with Crippen LogP contribution in [0.15, 0.2) is 343 Å². The smallest absolute Gasteiger partial charge is 0.257 e. The minimum Gasteiger partial charge on any atom is -0.484 e. The molecule has 4 aliphatic heterocycles. The average molecular weight is 1690 g/mol. The quantitative estimate of drug-likeness (QED) is 0.114. The predicted molar refractivity (Wildman–Crippen MR) is 491 cm³/mol. The third-order valence-electron chi connectivity index (χ3n) is 19.8. The second-order valence-corrected chi connectivity index (χ2v) is 32.5. The monoisotopic (exact) mass is 1690 g/mol. The third-order valence-corrected chi connectivity index (χ3v) is 22.6. The molecule has 3 amide bonds. The van der Waals surface area contributed by atoms with Crippen LogP contribution >= 0.6 is 11.3 Å². The number of para-hydroxylation sites is 3. The lowest BCUT2D eigenvalue weighted by Gasteiger charge is -2.30. The number of nitriles is 3. The Morgan fingerprint density at radius 3 is 1.60 bits per heavy atom. The highest BCUT2D eigenvalue weighted by Crippen LogP contribution is 2.36. The van der Waals surface area contributed by atoms with Crippen LogP contribution in [0.1, 0.15) is 98.2 Å². The molecule has 0 saturated carbocycles. The van der Waals surface area contributed by atoms with Crippen molar-refractivity contribution in [1.29, 1.82) is 15.8 Å². The van der Waals surface area contributed by atoms with E-state index in [9.17, 15) is 28.1 Å². The van der Waals surface area contributed by atoms with E-state index in [2.05, 4.69) is 60.9 Å². The van der Waals surface area contributed by atoms with E-state index in [1.54, 1.807) is 25.3 Å². The van der Waals surface area contributed by atoms with Gasteiger partial charge in [0.25, 0.3) is 5.91 Å². The SMILES string of the molecule is C=C1CC(=O)NC1(C)c1ccccc1.CC(C)(C#N)c1ccccc1.CNC(=O)COc1ccccc1.Cc1cc(-c2ccccc2)no1.Cc1nc(-c2ccccc2)no1.Cc1nnc(-c2ccccc2)s1.N#CC1(c2ccccc2)CCOCC1.N#Cc1ccc2ccccc2c1.O=C1CCCN1c1ccccc1.O=S1(=O)CCCN1c1ccccc1. The molecule has 21 nitrogen and oxygen atoms in total. The number of fused-ring (bicyclic) bond motifs is 1. The topological polar surface area (TPSA) is 296 Å². The molecule has 7 heterocycles. The van der Waals surface area contributed by atoms with E-state index in [0.29, 0.717) is 55.6 Å². The number of carbonyl (C=O) groups excluding carboxylic acids is 3. The number of amides is 3. The number of nitrogens with one attached hydrogen (secondary N) is 2. The molecule has 124 heavy (non-hydrogen) atoms. The Morgan fingerprint density at radius 2 is 1.13 bits per heavy atom. The summed E-state index contributed by atoms with van der Waals surface area (Å²) in [6, 6.07) is 110. The van der Waals surface area contributed by atoms with Gasteiger partial charge < -0.3 is 34.1 Å². The number of rotatable bonds is 11. The van der Waals surface area contributed by atoms with Crippen LogP contribution in [0.2, 0.25) is 0 Å². The number of carbonyl (C=O) groups is 3. The molecule has 0 aliphatic carbocycles. The van der Waals surface area contributed by atoms with E-state index in [0.717, 1.165) is 109 Å². The molecule has 4 fully saturated rings. The van der Waals surface area contributed by atoms with Crippen molar-refractivity contribution in [1.82, 2.24) is 36.1 Å². The Morgan fingerprint density at radius 1 is 0.605 bits per heavy atom. The van der Waals surface area contributed by atoms with Gasteiger partial charge in [-0.25, -0.2) is 8.42 Å². The standard InChI is InChI=1S/2C12H13NO.C11H7N.C10H9NO.C10H11NO.C10H11N.C9H8N2O.C9H8N2S.C9H11NO2S.C9H11NO2/c1-9-8-11(14)13-12(9,2)10-6-4-3-5-7-10;13-10-12(6-8-14-9-7-12)11-4-2-1-3-5-11;12-8-9-5-6-10-3-1-2-4-11(10)7-9;1-8-7-10(11-12-8)9-5-3-2-4-6-9;12-10-7-4-8-11(10)9-5-2-1-3-6-9;1-10(2,8-11)9-6-4-3-5-7-9;1-7-10-9(11-12-7)8-5-3-2-4-6-8;1-7-10-11-9(12-7)8-5-3-2-4-6-8;11-13(12)8-4-7-10(13)9-5-2-1-3-6-9;1-10-9(11)7-12-8-5-3-2-4-6-8/h3-7H,1,8H2,2H3,(H,13,14);1-5H,6-9H2;1-7H;2-7H,1H3;1-3,5-6H,4,7-8H2;3-7H,1-2H3;2*2-6H,1H3;1-3,5-6H,4,7-8H2;2-6H,7H2,1H3,(H,10,11). The Balaban J connectivity index is 0.000000156. The first-order valence-electron chi connectivity index (χ1n) is 40.5. The summed E-state index contributed by atoms with van der Waals surface area (Å²) in [5, 5.41) is 52.2. The molecular weight excluding hydrogens is 1590 g/mol. The van der Waals surface area contributed by atoms with Crippen LogP contribution in [-0.2, 0) is 45.5 Å². The zero-order chi connectivity index (χ0) is 88.4. The molecule has 0 radical (unpaired) electrons. The molecular formula is C101H102N12O9S2. The van der Waals surface area contributed by atoms with Gasteiger partial charge in [-0.2, -0.15) is 20.8 Å². The number of likely N-dealkylation sites (N-methyl/N-ethyl adjacent to an activating group) is 1. The first-order chi connectivity index (χ1) is 60.0. The number of sulfonamides is 1. The van der Waals surface area contributed by atoms with Gasteiger partial charge in [-0.3, -0.25) is 18.7 Å². The summed E-state index contributed by atoms with van der Waals surface area (Å²) in [4.78, 5) is 39.3. The highest BCUT2D eigenvalue weighted by molar-refractivity contribution is 7.93. The van der Waals surface area contributed by atoms with Gasteiger partial charge >= 0.3 is 0 Å². The Hall–Kier alpha value is -14.3. The van der Waals surface area contributed by atoms with Crippen molar-refractivity contribution in [2.45, 2.75) is 96.4 Å². The molecule has 3 aromatic heterocycles. The largest absolute Gasteiger partial charge is 0.484 e. The third kappa shape index (κ3) is 29.0. The molecule has 18 rings (SSSR count). The molecule has 1 unspecified atom stereocenters. The first-order valence-corrected chi connectivity index (χ1v) is 42.9. The number of ether oxygens (including phenoxy) is 2. The van der Waals surface area contributed by atoms with E-state index >= 15 is 0 Å². The zero-order valence-electron chi connectivity index (χ0n) is 70.8. The average Bonchev–Trinajstić information content (AvgIpc) is 1.70. The van der Waals surface area contributed by atoms with Crippen LogP contribution in [0.25, 0.3) is 44.0 Å². The van der Waals surface area contributed by atoms with E-state index in [1.165, 1.54) is 9.69 Å². The second kappa shape index (κ2) is 48.2. The second-order valence-electron chi connectivity index (χ2n) is 29.3. The van der Waals surface area contributed by atoms with Crippen molar-refractivity contribution in [3.63, 3.8) is 0 Å². The lowest BCUT2D eigenvalue weighted by Crippen LogP contribution is -2.36. The summed E-state index contributed by atoms with van der Waals surface area (Å²) >= 11 is 1.62. The summed E-state index contributed by atoms with van der Waals surface area (Å²) < 4.78 is 44.7. The van der Waals surface area contributed by atoms with Crippen molar-refractivity contribution in [3.8, 4) is 57.2 Å². The summed E-state index contributed by atoms with van der Waals surface area (Å²) in [5.41, 5.74) is 9.82. The van der Waals surface area contributed by atoms with Gasteiger partial charge in [0.15, 0.2) is 6.61 Å². The minimum absolute atomic E-state index is 0.0568. The van der Waals surface area contributed by atoms with Crippen molar-refractivity contribution < 1.29 is 41.3 Å². The van der Waals surface area contributed by atoms with Gasteiger partial charge in [-0.15, -0.1) is 10.2 Å². The molecule has 2 N–H and O–H groups in total. The van der Waals surface area contributed by atoms with E-state index in [4.69, 9.17) is 29.0 Å². The molecule has 1 atom stereocenters. The molecule has 0 spiro atoms. The van der Waals surface area contributed by atoms with E-state index < -0.39 is 10.0 Å². The van der Waals surface area contributed by atoms with Crippen LogP contribution in [0.3, 0.4) is 0 Å². The molecule has 4 aliphatic rings. The number of anilines is 2. The van der Waals surface area contributed by atoms with Gasteiger partial charge in [0, 0.05) is 81.6 Å². The number of benzene rings is 11. The summed E-state index contributed by atoms with van der Waals surface area (Å²) in [6.45, 7) is 18.4. The van der Waals surface area contributed by atoms with Gasteiger partial charge in [-0.1, -0.05) is 295 Å². The fourth-order valence-corrected chi connectivity index (χ4v) is 15.1. The van der Waals surface area contributed by atoms with Crippen LogP contribution in [0, 0.1) is 54.8 Å². The Kier molecular flexibility index (Phi) is 36.4. The van der Waals surface area contributed by atoms with Crippen molar-refractivity contribution >= 4 is 61.2 Å². The predicted octanol–water partition coefficient (Wildman–Crippen LogP) is 20.5. The number of aryl methyl sites for hydroxylation is 3. The molecule has 23 heteroatoms. The number of hydrogen-bond donors (Lipinski definition) is 2. The summed E-state index contributed by atoms with van der Waals surface area (Å²) in [6.07, 6.45) is 4.49. The number of nitrogens with zero attached hydrogens (tertiary/aromatic N) is 10. The number of hydrogen-bond acceptors (Lipinski definition) is 18. The maximum Gasteiger partial charge on any atom is 0.257 e. The van der Waals surface area contributed by atoms with Crippen LogP contribution in [0.4, 0.5) is 11.4 Å². The normalized spacial score (nSPS) is 14.7. The Labute approximate surface area is 731 Å². The van der Waals surface area contributed by atoms with Crippen molar-refractivity contribution in [3.05, 3.63) is 373 Å². The van der Waals surface area contributed by atoms with Gasteiger partial charge in [0.2, 0.25) is 33.6 Å². The fourth-order valence-electron chi connectivity index (χ4n) is 12.8. The van der Waals surface area contributed by atoms with Crippen molar-refractivity contribution in [2.24, 2.45) is 0 Å². The van der Waals surface area contributed by atoms with Crippen LogP contribution < -0.4 is 24.6 Å². The Bertz CT molecular complexity index is 5670. The fraction of sp³-hybridized carbons (Fsp3) is 0.218. The van der Waals surface area contributed by atoms with E-state index in [-0.39, 0.29) is 46.5 Å². The maximum atomic E-state index is 11.5. The summed E-state index contributed by atoms with van der Waals surface area (Å²) in [7, 11) is -1.43. The summed E-state index contributed by atoms with van der Waals surface area (Å²) in [5.74, 6) is 3.25. The lowest BCUT2D eigenvalue weighted by molar-refractivity contribution is -0.122. The molecule has 4 saturated heterocycles. The lowest BCUT2D eigenvalue weighted by atomic mass is 9.76. The van der Waals surface area contributed by atoms with Gasteiger partial charge in [0.1, 0.15) is 27.2 Å². The molecule has 14 aromatic rings. The minimum atomic E-state index is -3.01. The molecule has 0 bridgehead atoms. The molecule has 632 valence electrons. The van der Waals surface area contributed by atoms with Gasteiger partial charge in [0.05, 0.1) is 51.6 Å². The van der Waals surface area contributed by atoms with Gasteiger partial charge in [-0.05, 0) is 142 Å². The maximum absolute atomic E-state index is 11.5. The first kappa shape index (κ1) is 93.6. The van der Waals surface area contributed by atoms with Crippen LogP contribution in [-0.4, -0.2) is 97.3 Å². The highest BCUT2D eigenvalue weighted by atomic mass is 32.2. The van der Waals surface area contributed by atoms with Crippen molar-refractivity contribution in [2.75, 3.05) is 54.9 Å².